The number of anilines is 1. The molecule has 0 unspecified atom stereocenters. The predicted octanol–water partition coefficient (Wildman–Crippen LogP) is 5.09. The lowest BCUT2D eigenvalue weighted by molar-refractivity contribution is 0.485. The van der Waals surface area contributed by atoms with Gasteiger partial charge >= 0.3 is 0 Å². The smallest absolute Gasteiger partial charge is 0.151 e. The van der Waals surface area contributed by atoms with Crippen molar-refractivity contribution >= 4 is 23.0 Å². The van der Waals surface area contributed by atoms with Gasteiger partial charge in [0.05, 0.1) is 5.69 Å². The number of rotatable bonds is 0. The van der Waals surface area contributed by atoms with Gasteiger partial charge in [-0.05, 0) is 43.2 Å². The number of halogens is 1. The van der Waals surface area contributed by atoms with Gasteiger partial charge in [-0.25, -0.2) is 0 Å². The van der Waals surface area contributed by atoms with Crippen molar-refractivity contribution in [1.29, 1.82) is 0 Å². The highest BCUT2D eigenvalue weighted by molar-refractivity contribution is 6.31. The monoisotopic (exact) mass is 283 g/mol. The van der Waals surface area contributed by atoms with Crippen LogP contribution < -0.4 is 9.64 Å². The van der Waals surface area contributed by atoms with Crippen LogP contribution in [0.5, 0.6) is 11.5 Å². The summed E-state index contributed by atoms with van der Waals surface area (Å²) in [6, 6.07) is 14.0. The number of hydrogen-bond acceptors (Lipinski definition) is 2. The molecule has 100 valence electrons. The summed E-state index contributed by atoms with van der Waals surface area (Å²) in [5.74, 6) is 1.78. The van der Waals surface area contributed by atoms with E-state index in [1.165, 1.54) is 5.70 Å². The van der Waals surface area contributed by atoms with E-state index in [2.05, 4.69) is 23.1 Å². The number of nitrogens with zero attached hydrogens (tertiary/aromatic N) is 1. The summed E-state index contributed by atoms with van der Waals surface area (Å²) >= 11 is 6.17. The SMILES string of the molecule is Clc1ccc2c(c1)N1CCCC=C1c1ccccc1O2. The molecule has 2 aromatic rings. The first-order chi connectivity index (χ1) is 9.83. The average Bonchev–Trinajstić information content (AvgIpc) is 2.62. The maximum absolute atomic E-state index is 6.17. The Hall–Kier alpha value is -1.93. The largest absolute Gasteiger partial charge is 0.454 e. The lowest BCUT2D eigenvalue weighted by Gasteiger charge is -2.29. The number of fused-ring (bicyclic) bond motifs is 5. The summed E-state index contributed by atoms with van der Waals surface area (Å²) in [6.07, 6.45) is 4.55. The van der Waals surface area contributed by atoms with Crippen molar-refractivity contribution in [3.8, 4) is 11.5 Å². The summed E-state index contributed by atoms with van der Waals surface area (Å²) in [6.45, 7) is 0.997. The fraction of sp³-hybridized carbons (Fsp3) is 0.176. The van der Waals surface area contributed by atoms with Gasteiger partial charge in [-0.3, -0.25) is 0 Å². The Labute approximate surface area is 123 Å². The van der Waals surface area contributed by atoms with Crippen LogP contribution in [0.15, 0.2) is 48.5 Å². The van der Waals surface area contributed by atoms with Gasteiger partial charge in [0.2, 0.25) is 0 Å². The molecule has 0 spiro atoms. The summed E-state index contributed by atoms with van der Waals surface area (Å²) in [7, 11) is 0. The molecule has 2 heterocycles. The minimum absolute atomic E-state index is 0.739. The molecule has 2 aliphatic heterocycles. The third-order valence-electron chi connectivity index (χ3n) is 3.81. The second-order valence-corrected chi connectivity index (χ2v) is 5.53. The lowest BCUT2D eigenvalue weighted by atomic mass is 10.0. The zero-order valence-electron chi connectivity index (χ0n) is 11.0. The summed E-state index contributed by atoms with van der Waals surface area (Å²) in [4.78, 5) is 2.32. The van der Waals surface area contributed by atoms with E-state index in [1.807, 2.05) is 30.3 Å². The van der Waals surface area contributed by atoms with Crippen molar-refractivity contribution in [1.82, 2.24) is 0 Å². The maximum atomic E-state index is 6.17. The second kappa shape index (κ2) is 4.57. The van der Waals surface area contributed by atoms with Gasteiger partial charge in [0, 0.05) is 22.8 Å². The Bertz CT molecular complexity index is 708. The van der Waals surface area contributed by atoms with Crippen molar-refractivity contribution in [2.24, 2.45) is 0 Å². The van der Waals surface area contributed by atoms with Crippen molar-refractivity contribution in [2.75, 3.05) is 11.4 Å². The quantitative estimate of drug-likeness (QED) is 0.668. The standard InChI is InChI=1S/C17H14ClNO/c18-12-8-9-17-15(11-12)19-10-4-3-6-14(19)13-5-1-2-7-16(13)20-17/h1-2,5-9,11H,3-4,10H2. The molecule has 0 N–H and O–H groups in total. The minimum atomic E-state index is 0.739. The van der Waals surface area contributed by atoms with Crippen LogP contribution in [0.2, 0.25) is 5.02 Å². The van der Waals surface area contributed by atoms with E-state index in [-0.39, 0.29) is 0 Å². The molecular formula is C17H14ClNO. The van der Waals surface area contributed by atoms with Crippen LogP contribution in [0, 0.1) is 0 Å². The molecule has 3 heteroatoms. The molecule has 0 saturated carbocycles. The molecule has 0 fully saturated rings. The fourth-order valence-electron chi connectivity index (χ4n) is 2.90. The highest BCUT2D eigenvalue weighted by Gasteiger charge is 2.26. The molecule has 20 heavy (non-hydrogen) atoms. The van der Waals surface area contributed by atoms with Gasteiger partial charge in [0.1, 0.15) is 5.75 Å². The Morgan fingerprint density at radius 2 is 1.95 bits per heavy atom. The van der Waals surface area contributed by atoms with Gasteiger partial charge < -0.3 is 9.64 Å². The molecule has 0 bridgehead atoms. The zero-order chi connectivity index (χ0) is 13.5. The first-order valence-corrected chi connectivity index (χ1v) is 7.25. The Morgan fingerprint density at radius 1 is 1.05 bits per heavy atom. The highest BCUT2D eigenvalue weighted by atomic mass is 35.5. The van der Waals surface area contributed by atoms with Crippen molar-refractivity contribution in [3.63, 3.8) is 0 Å². The first-order valence-electron chi connectivity index (χ1n) is 6.87. The molecule has 0 amide bonds. The van der Waals surface area contributed by atoms with Gasteiger partial charge in [0.25, 0.3) is 0 Å². The molecule has 0 radical (unpaired) electrons. The molecule has 0 atom stereocenters. The van der Waals surface area contributed by atoms with E-state index >= 15 is 0 Å². The van der Waals surface area contributed by atoms with Crippen LogP contribution in [-0.2, 0) is 0 Å². The predicted molar refractivity (Wildman–Crippen MR) is 82.5 cm³/mol. The number of allylic oxidation sites excluding steroid dienone is 1. The molecule has 2 aromatic carbocycles. The third kappa shape index (κ3) is 1.80. The van der Waals surface area contributed by atoms with Crippen molar-refractivity contribution in [2.45, 2.75) is 12.8 Å². The van der Waals surface area contributed by atoms with Crippen LogP contribution in [0.4, 0.5) is 5.69 Å². The fourth-order valence-corrected chi connectivity index (χ4v) is 3.06. The lowest BCUT2D eigenvalue weighted by Crippen LogP contribution is -2.24. The zero-order valence-corrected chi connectivity index (χ0v) is 11.7. The summed E-state index contributed by atoms with van der Waals surface area (Å²) in [5.41, 5.74) is 3.44. The van der Waals surface area contributed by atoms with E-state index in [4.69, 9.17) is 16.3 Å². The van der Waals surface area contributed by atoms with Crippen LogP contribution in [-0.4, -0.2) is 6.54 Å². The second-order valence-electron chi connectivity index (χ2n) is 5.09. The molecule has 2 aliphatic rings. The van der Waals surface area contributed by atoms with Crippen LogP contribution in [0.25, 0.3) is 5.70 Å². The van der Waals surface area contributed by atoms with Gasteiger partial charge in [-0.15, -0.1) is 0 Å². The number of hydrogen-bond donors (Lipinski definition) is 0. The molecule has 2 nitrogen and oxygen atoms in total. The minimum Gasteiger partial charge on any atom is -0.454 e. The molecule has 0 saturated heterocycles. The maximum Gasteiger partial charge on any atom is 0.151 e. The molecule has 0 aromatic heterocycles. The topological polar surface area (TPSA) is 12.5 Å². The number of benzene rings is 2. The van der Waals surface area contributed by atoms with Gasteiger partial charge in [-0.2, -0.15) is 0 Å². The number of para-hydroxylation sites is 1. The van der Waals surface area contributed by atoms with E-state index in [0.717, 1.165) is 47.2 Å². The van der Waals surface area contributed by atoms with Crippen LogP contribution >= 0.6 is 11.6 Å². The van der Waals surface area contributed by atoms with Crippen molar-refractivity contribution in [3.05, 3.63) is 59.1 Å². The summed E-state index contributed by atoms with van der Waals surface area (Å²) in [5, 5.41) is 0.739. The Kier molecular flexibility index (Phi) is 2.71. The first kappa shape index (κ1) is 11.9. The summed E-state index contributed by atoms with van der Waals surface area (Å²) < 4.78 is 6.11. The molecular weight excluding hydrogens is 270 g/mol. The van der Waals surface area contributed by atoms with E-state index < -0.39 is 0 Å². The van der Waals surface area contributed by atoms with Crippen LogP contribution in [0.1, 0.15) is 18.4 Å². The average molecular weight is 284 g/mol. The Morgan fingerprint density at radius 3 is 2.90 bits per heavy atom. The van der Waals surface area contributed by atoms with Gasteiger partial charge in [-0.1, -0.05) is 29.8 Å². The Balaban J connectivity index is 1.99. The highest BCUT2D eigenvalue weighted by Crippen LogP contribution is 2.45. The van der Waals surface area contributed by atoms with E-state index in [0.29, 0.717) is 0 Å². The van der Waals surface area contributed by atoms with E-state index in [1.54, 1.807) is 0 Å². The normalized spacial score (nSPS) is 16.2. The molecule has 4 rings (SSSR count). The van der Waals surface area contributed by atoms with Crippen LogP contribution in [0.3, 0.4) is 0 Å². The van der Waals surface area contributed by atoms with Gasteiger partial charge in [0.15, 0.2) is 5.75 Å². The molecule has 0 aliphatic carbocycles. The number of ether oxygens (including phenoxy) is 1. The van der Waals surface area contributed by atoms with E-state index in [9.17, 15) is 0 Å². The third-order valence-corrected chi connectivity index (χ3v) is 4.04. The van der Waals surface area contributed by atoms with Crippen molar-refractivity contribution < 1.29 is 4.74 Å².